The van der Waals surface area contributed by atoms with Crippen molar-refractivity contribution >= 4 is 21.4 Å². The Labute approximate surface area is 99.9 Å². The highest BCUT2D eigenvalue weighted by Gasteiger charge is 2.02. The number of fused-ring (bicyclic) bond motifs is 1. The maximum Gasteiger partial charge on any atom is 0.0468 e. The van der Waals surface area contributed by atoms with Crippen LogP contribution in [0, 0.1) is 5.92 Å². The van der Waals surface area contributed by atoms with Gasteiger partial charge in [0.05, 0.1) is 0 Å². The summed E-state index contributed by atoms with van der Waals surface area (Å²) in [6.07, 6.45) is 0. The van der Waals surface area contributed by atoms with Gasteiger partial charge in [-0.15, -0.1) is 11.3 Å². The molecular weight excluding hydrogens is 218 g/mol. The summed E-state index contributed by atoms with van der Waals surface area (Å²) in [6.45, 7) is 4.05. The fourth-order valence-electron chi connectivity index (χ4n) is 1.63. The Balaban J connectivity index is 1.94. The van der Waals surface area contributed by atoms with E-state index < -0.39 is 0 Å². The highest BCUT2D eigenvalue weighted by Crippen LogP contribution is 2.24. The quantitative estimate of drug-likeness (QED) is 0.835. The van der Waals surface area contributed by atoms with E-state index in [0.717, 1.165) is 13.1 Å². The van der Waals surface area contributed by atoms with E-state index in [2.05, 4.69) is 35.6 Å². The van der Waals surface area contributed by atoms with Crippen LogP contribution in [0.2, 0.25) is 0 Å². The first-order valence-corrected chi connectivity index (χ1v) is 6.40. The van der Waals surface area contributed by atoms with Gasteiger partial charge in [0, 0.05) is 29.3 Å². The van der Waals surface area contributed by atoms with E-state index in [1.54, 1.807) is 0 Å². The minimum Gasteiger partial charge on any atom is -0.396 e. The van der Waals surface area contributed by atoms with Crippen molar-refractivity contribution in [2.45, 2.75) is 13.5 Å². The molecule has 0 aliphatic heterocycles. The number of thiophene rings is 1. The fourth-order valence-corrected chi connectivity index (χ4v) is 2.66. The van der Waals surface area contributed by atoms with Crippen LogP contribution in [-0.2, 0) is 6.54 Å². The molecule has 0 fully saturated rings. The molecule has 0 spiro atoms. The Morgan fingerprint density at radius 2 is 2.19 bits per heavy atom. The Kier molecular flexibility index (Phi) is 3.93. The van der Waals surface area contributed by atoms with Gasteiger partial charge in [0.2, 0.25) is 0 Å². The van der Waals surface area contributed by atoms with Gasteiger partial charge in [0.25, 0.3) is 0 Å². The highest BCUT2D eigenvalue weighted by molar-refractivity contribution is 7.19. The minimum absolute atomic E-state index is 0.249. The Morgan fingerprint density at radius 3 is 2.94 bits per heavy atom. The predicted molar refractivity (Wildman–Crippen MR) is 69.8 cm³/mol. The van der Waals surface area contributed by atoms with Gasteiger partial charge < -0.3 is 10.4 Å². The van der Waals surface area contributed by atoms with Crippen LogP contribution >= 0.6 is 11.3 Å². The van der Waals surface area contributed by atoms with Crippen molar-refractivity contribution in [3.63, 3.8) is 0 Å². The Morgan fingerprint density at radius 1 is 1.38 bits per heavy atom. The first-order chi connectivity index (χ1) is 7.79. The van der Waals surface area contributed by atoms with E-state index in [-0.39, 0.29) is 6.61 Å². The molecule has 0 saturated carbocycles. The molecule has 1 heterocycles. The van der Waals surface area contributed by atoms with Gasteiger partial charge in [-0.3, -0.25) is 0 Å². The molecule has 0 radical (unpaired) electrons. The van der Waals surface area contributed by atoms with Gasteiger partial charge in [-0.2, -0.15) is 0 Å². The topological polar surface area (TPSA) is 32.3 Å². The van der Waals surface area contributed by atoms with Gasteiger partial charge >= 0.3 is 0 Å². The molecule has 2 aromatic rings. The SMILES string of the molecule is CC(CO)CNCc1cc2ccccc2s1. The molecule has 2 nitrogen and oxygen atoms in total. The average molecular weight is 235 g/mol. The van der Waals surface area contributed by atoms with Crippen LogP contribution in [0.1, 0.15) is 11.8 Å². The zero-order valence-corrected chi connectivity index (χ0v) is 10.3. The molecule has 1 aromatic carbocycles. The van der Waals surface area contributed by atoms with Crippen molar-refractivity contribution in [3.05, 3.63) is 35.2 Å². The Hall–Kier alpha value is -0.900. The largest absolute Gasteiger partial charge is 0.396 e. The van der Waals surface area contributed by atoms with Crippen LogP contribution in [0.5, 0.6) is 0 Å². The molecule has 1 unspecified atom stereocenters. The van der Waals surface area contributed by atoms with E-state index in [1.807, 2.05) is 18.3 Å². The van der Waals surface area contributed by atoms with Crippen LogP contribution in [0.3, 0.4) is 0 Å². The van der Waals surface area contributed by atoms with Crippen LogP contribution in [0.4, 0.5) is 0 Å². The molecule has 86 valence electrons. The number of nitrogens with one attached hydrogen (secondary N) is 1. The first-order valence-electron chi connectivity index (χ1n) is 5.58. The van der Waals surface area contributed by atoms with Crippen molar-refractivity contribution < 1.29 is 5.11 Å². The van der Waals surface area contributed by atoms with Crippen molar-refractivity contribution in [3.8, 4) is 0 Å². The van der Waals surface area contributed by atoms with Crippen molar-refractivity contribution in [2.24, 2.45) is 5.92 Å². The summed E-state index contributed by atoms with van der Waals surface area (Å²) in [7, 11) is 0. The molecule has 0 amide bonds. The molecule has 2 N–H and O–H groups in total. The second kappa shape index (κ2) is 5.43. The van der Waals surface area contributed by atoms with E-state index in [1.165, 1.54) is 15.0 Å². The zero-order valence-electron chi connectivity index (χ0n) is 9.44. The molecular formula is C13H17NOS. The summed E-state index contributed by atoms with van der Waals surface area (Å²) in [6, 6.07) is 10.7. The van der Waals surface area contributed by atoms with E-state index >= 15 is 0 Å². The lowest BCUT2D eigenvalue weighted by molar-refractivity contribution is 0.233. The molecule has 0 saturated heterocycles. The standard InChI is InChI=1S/C13H17NOS/c1-10(9-15)7-14-8-12-6-11-4-2-3-5-13(11)16-12/h2-6,10,14-15H,7-9H2,1H3. The number of hydrogen-bond acceptors (Lipinski definition) is 3. The van der Waals surface area contributed by atoms with Crippen molar-refractivity contribution in [2.75, 3.05) is 13.2 Å². The fraction of sp³-hybridized carbons (Fsp3) is 0.385. The molecule has 1 atom stereocenters. The normalized spacial score (nSPS) is 13.1. The molecule has 0 aliphatic carbocycles. The minimum atomic E-state index is 0.249. The molecule has 0 aliphatic rings. The monoisotopic (exact) mass is 235 g/mol. The molecule has 16 heavy (non-hydrogen) atoms. The van der Waals surface area contributed by atoms with Crippen LogP contribution in [0.25, 0.3) is 10.1 Å². The lowest BCUT2D eigenvalue weighted by Gasteiger charge is -2.07. The van der Waals surface area contributed by atoms with Gasteiger partial charge in [-0.1, -0.05) is 25.1 Å². The molecule has 2 rings (SSSR count). The summed E-state index contributed by atoms with van der Waals surface area (Å²) in [4.78, 5) is 1.35. The maximum atomic E-state index is 8.91. The lowest BCUT2D eigenvalue weighted by Crippen LogP contribution is -2.22. The van der Waals surface area contributed by atoms with Crippen molar-refractivity contribution in [1.82, 2.24) is 5.32 Å². The first kappa shape index (κ1) is 11.6. The van der Waals surface area contributed by atoms with Gasteiger partial charge in [-0.25, -0.2) is 0 Å². The summed E-state index contributed by atoms with van der Waals surface area (Å²) >= 11 is 1.83. The molecule has 3 heteroatoms. The van der Waals surface area contributed by atoms with Crippen LogP contribution in [0.15, 0.2) is 30.3 Å². The van der Waals surface area contributed by atoms with Crippen molar-refractivity contribution in [1.29, 1.82) is 0 Å². The number of benzene rings is 1. The predicted octanol–water partition coefficient (Wildman–Crippen LogP) is 2.62. The summed E-state index contributed by atoms with van der Waals surface area (Å²) in [5, 5.41) is 13.6. The lowest BCUT2D eigenvalue weighted by atomic mass is 10.2. The smallest absolute Gasteiger partial charge is 0.0468 e. The molecule has 0 bridgehead atoms. The van der Waals surface area contributed by atoms with Gasteiger partial charge in [-0.05, 0) is 23.4 Å². The van der Waals surface area contributed by atoms with E-state index in [4.69, 9.17) is 5.11 Å². The molecule has 1 aromatic heterocycles. The van der Waals surface area contributed by atoms with Crippen LogP contribution in [-0.4, -0.2) is 18.3 Å². The number of aliphatic hydroxyl groups excluding tert-OH is 1. The summed E-state index contributed by atoms with van der Waals surface area (Å²) < 4.78 is 1.34. The third kappa shape index (κ3) is 2.82. The van der Waals surface area contributed by atoms with Crippen LogP contribution < -0.4 is 5.32 Å². The third-order valence-electron chi connectivity index (χ3n) is 2.58. The zero-order chi connectivity index (χ0) is 11.4. The second-order valence-electron chi connectivity index (χ2n) is 4.17. The van der Waals surface area contributed by atoms with Gasteiger partial charge in [0.1, 0.15) is 0 Å². The maximum absolute atomic E-state index is 8.91. The average Bonchev–Trinajstić information content (AvgIpc) is 2.71. The summed E-state index contributed by atoms with van der Waals surface area (Å²) in [5.41, 5.74) is 0. The van der Waals surface area contributed by atoms with E-state index in [0.29, 0.717) is 5.92 Å². The number of aliphatic hydroxyl groups is 1. The number of rotatable bonds is 5. The number of hydrogen-bond donors (Lipinski definition) is 2. The summed E-state index contributed by atoms with van der Waals surface area (Å²) in [5.74, 6) is 0.328. The van der Waals surface area contributed by atoms with E-state index in [9.17, 15) is 0 Å². The Bertz CT molecular complexity index is 419. The second-order valence-corrected chi connectivity index (χ2v) is 5.34. The third-order valence-corrected chi connectivity index (χ3v) is 3.70. The highest BCUT2D eigenvalue weighted by atomic mass is 32.1. The van der Waals surface area contributed by atoms with Gasteiger partial charge in [0.15, 0.2) is 0 Å².